The van der Waals surface area contributed by atoms with Crippen molar-refractivity contribution < 1.29 is 18.3 Å². The van der Waals surface area contributed by atoms with E-state index in [-0.39, 0.29) is 0 Å². The van der Waals surface area contributed by atoms with Crippen LogP contribution in [0.25, 0.3) is 0 Å². The van der Waals surface area contributed by atoms with E-state index in [1.807, 2.05) is 0 Å². The van der Waals surface area contributed by atoms with Crippen LogP contribution >= 0.6 is 0 Å². The average Bonchev–Trinajstić information content (AvgIpc) is 2.28. The summed E-state index contributed by atoms with van der Waals surface area (Å²) in [6, 6.07) is 0. The lowest BCUT2D eigenvalue weighted by Gasteiger charge is -1.97. The summed E-state index contributed by atoms with van der Waals surface area (Å²) in [6.45, 7) is 0. The van der Waals surface area contributed by atoms with E-state index in [1.54, 1.807) is 0 Å². The molecule has 0 aliphatic rings. The molecular weight excluding hydrogens is 198 g/mol. The van der Waals surface area contributed by atoms with Crippen LogP contribution in [0.3, 0.4) is 0 Å². The van der Waals surface area contributed by atoms with Gasteiger partial charge in [0.2, 0.25) is 10.0 Å². The van der Waals surface area contributed by atoms with E-state index >= 15 is 0 Å². The van der Waals surface area contributed by atoms with Crippen LogP contribution in [0.1, 0.15) is 10.5 Å². The predicted molar refractivity (Wildman–Crippen MR) is 41.5 cm³/mol. The summed E-state index contributed by atoms with van der Waals surface area (Å²) in [5, 5.41) is 16.9. The molecule has 0 aliphatic carbocycles. The van der Waals surface area contributed by atoms with Gasteiger partial charge in [-0.05, 0) is 0 Å². The Balaban J connectivity index is 3.49. The number of carboxylic acid groups (broad SMARTS) is 1. The van der Waals surface area contributed by atoms with E-state index in [9.17, 15) is 13.2 Å². The minimum Gasteiger partial charge on any atom is -0.476 e. The molecule has 7 nitrogen and oxygen atoms in total. The summed E-state index contributed by atoms with van der Waals surface area (Å²) in [7, 11) is -2.70. The first-order valence-corrected chi connectivity index (χ1v) is 4.66. The second-order valence-electron chi connectivity index (χ2n) is 2.33. The zero-order valence-electron chi connectivity index (χ0n) is 6.63. The molecule has 8 heteroatoms. The van der Waals surface area contributed by atoms with E-state index < -0.39 is 26.6 Å². The number of sulfonamides is 1. The normalized spacial score (nSPS) is 11.5. The zero-order chi connectivity index (χ0) is 10.2. The highest BCUT2D eigenvalue weighted by Crippen LogP contribution is 2.11. The van der Waals surface area contributed by atoms with Crippen molar-refractivity contribution in [3.05, 3.63) is 11.9 Å². The number of rotatable bonds is 2. The molecule has 0 atom stereocenters. The quantitative estimate of drug-likeness (QED) is 0.626. The van der Waals surface area contributed by atoms with E-state index in [0.29, 0.717) is 0 Å². The summed E-state index contributed by atoms with van der Waals surface area (Å²) in [5.74, 6) is -1.39. The van der Waals surface area contributed by atoms with Gasteiger partial charge in [-0.3, -0.25) is 4.68 Å². The number of nitrogens with two attached hydrogens (primary N) is 1. The third-order valence-corrected chi connectivity index (χ3v) is 2.33. The Labute approximate surface area is 73.8 Å². The maximum atomic E-state index is 10.8. The molecule has 13 heavy (non-hydrogen) atoms. The highest BCUT2D eigenvalue weighted by Gasteiger charge is 2.23. The Hall–Kier alpha value is -1.41. The summed E-state index contributed by atoms with van der Waals surface area (Å²) in [4.78, 5) is 10.1. The lowest BCUT2D eigenvalue weighted by Crippen LogP contribution is -2.17. The number of carbonyl (C=O) groups is 1. The second kappa shape index (κ2) is 2.82. The molecule has 0 amide bonds. The SMILES string of the molecule is Cn1ncc(S(N)(=O)=O)c1C(=O)O. The van der Waals surface area contributed by atoms with Crippen molar-refractivity contribution in [2.45, 2.75) is 4.90 Å². The molecule has 1 aromatic rings. The molecule has 0 bridgehead atoms. The van der Waals surface area contributed by atoms with Crippen LogP contribution in [0.5, 0.6) is 0 Å². The molecule has 0 saturated carbocycles. The van der Waals surface area contributed by atoms with Gasteiger partial charge in [0.05, 0.1) is 6.20 Å². The fourth-order valence-electron chi connectivity index (χ4n) is 0.869. The molecule has 1 rings (SSSR count). The van der Waals surface area contributed by atoms with E-state index in [1.165, 1.54) is 7.05 Å². The van der Waals surface area contributed by atoms with Gasteiger partial charge in [-0.15, -0.1) is 0 Å². The fraction of sp³-hybridized carbons (Fsp3) is 0.200. The molecule has 1 heterocycles. The second-order valence-corrected chi connectivity index (χ2v) is 3.86. The van der Waals surface area contributed by atoms with Crippen LogP contribution < -0.4 is 5.14 Å². The molecule has 0 saturated heterocycles. The van der Waals surface area contributed by atoms with Crippen LogP contribution in [0.15, 0.2) is 11.1 Å². The first kappa shape index (κ1) is 9.68. The maximum Gasteiger partial charge on any atom is 0.355 e. The smallest absolute Gasteiger partial charge is 0.355 e. The van der Waals surface area contributed by atoms with Crippen molar-refractivity contribution in [1.29, 1.82) is 0 Å². The number of nitrogens with zero attached hydrogens (tertiary/aromatic N) is 2. The van der Waals surface area contributed by atoms with Gasteiger partial charge in [-0.2, -0.15) is 5.10 Å². The van der Waals surface area contributed by atoms with Crippen LogP contribution in [0.4, 0.5) is 0 Å². The summed E-state index contributed by atoms with van der Waals surface area (Å²) >= 11 is 0. The molecular formula is C5H7N3O4S. The molecule has 0 aliphatic heterocycles. The lowest BCUT2D eigenvalue weighted by atomic mass is 10.4. The number of aromatic carboxylic acids is 1. The van der Waals surface area contributed by atoms with Crippen molar-refractivity contribution in [3.8, 4) is 0 Å². The highest BCUT2D eigenvalue weighted by atomic mass is 32.2. The van der Waals surface area contributed by atoms with Crippen molar-refractivity contribution in [2.24, 2.45) is 12.2 Å². The summed E-state index contributed by atoms with van der Waals surface area (Å²) in [5.41, 5.74) is -0.442. The minimum atomic E-state index is -4.02. The molecule has 0 fully saturated rings. The van der Waals surface area contributed by atoms with Gasteiger partial charge in [0.1, 0.15) is 4.90 Å². The number of hydrogen-bond acceptors (Lipinski definition) is 4. The van der Waals surface area contributed by atoms with Crippen LogP contribution in [0, 0.1) is 0 Å². The number of primary sulfonamides is 1. The number of aromatic nitrogens is 2. The van der Waals surface area contributed by atoms with Gasteiger partial charge in [0.15, 0.2) is 5.69 Å². The first-order valence-electron chi connectivity index (χ1n) is 3.12. The first-order chi connectivity index (χ1) is 5.84. The van der Waals surface area contributed by atoms with E-state index in [0.717, 1.165) is 10.9 Å². The lowest BCUT2D eigenvalue weighted by molar-refractivity contribution is 0.0680. The molecule has 0 unspecified atom stereocenters. The molecule has 3 N–H and O–H groups in total. The van der Waals surface area contributed by atoms with Crippen LogP contribution in [-0.4, -0.2) is 29.3 Å². The van der Waals surface area contributed by atoms with Crippen LogP contribution in [-0.2, 0) is 17.1 Å². The molecule has 0 radical (unpaired) electrons. The fourth-order valence-corrected chi connectivity index (χ4v) is 1.55. The van der Waals surface area contributed by atoms with E-state index in [4.69, 9.17) is 10.2 Å². The van der Waals surface area contributed by atoms with Crippen LogP contribution in [0.2, 0.25) is 0 Å². The Morgan fingerprint density at radius 3 is 2.54 bits per heavy atom. The van der Waals surface area contributed by atoms with Gasteiger partial charge in [-0.1, -0.05) is 0 Å². The maximum absolute atomic E-state index is 10.8. The van der Waals surface area contributed by atoms with Crippen molar-refractivity contribution in [1.82, 2.24) is 9.78 Å². The summed E-state index contributed by atoms with van der Waals surface area (Å²) < 4.78 is 22.6. The average molecular weight is 205 g/mol. The van der Waals surface area contributed by atoms with Gasteiger partial charge in [-0.25, -0.2) is 18.4 Å². The van der Waals surface area contributed by atoms with Crippen molar-refractivity contribution in [3.63, 3.8) is 0 Å². The minimum absolute atomic E-state index is 0.442. The Kier molecular flexibility index (Phi) is 2.10. The molecule has 0 spiro atoms. The highest BCUT2D eigenvalue weighted by molar-refractivity contribution is 7.89. The van der Waals surface area contributed by atoms with Gasteiger partial charge in [0, 0.05) is 7.05 Å². The molecule has 72 valence electrons. The van der Waals surface area contributed by atoms with Crippen molar-refractivity contribution >= 4 is 16.0 Å². The summed E-state index contributed by atoms with van der Waals surface area (Å²) in [6.07, 6.45) is 0.902. The van der Waals surface area contributed by atoms with Gasteiger partial charge < -0.3 is 5.11 Å². The standard InChI is InChI=1S/C5H7N3O4S/c1-8-4(5(9)10)3(2-7-8)13(6,11)12/h2H,1H3,(H,9,10)(H2,6,11,12). The third kappa shape index (κ3) is 1.68. The van der Waals surface area contributed by atoms with Crippen molar-refractivity contribution in [2.75, 3.05) is 0 Å². The number of hydrogen-bond donors (Lipinski definition) is 2. The Morgan fingerprint density at radius 2 is 2.23 bits per heavy atom. The molecule has 0 aromatic carbocycles. The van der Waals surface area contributed by atoms with E-state index in [2.05, 4.69) is 5.10 Å². The predicted octanol–water partition coefficient (Wildman–Crippen LogP) is -1.23. The molecule has 1 aromatic heterocycles. The number of carboxylic acids is 1. The zero-order valence-corrected chi connectivity index (χ0v) is 7.45. The largest absolute Gasteiger partial charge is 0.476 e. The van der Waals surface area contributed by atoms with Gasteiger partial charge in [0.25, 0.3) is 0 Å². The topological polar surface area (TPSA) is 115 Å². The Morgan fingerprint density at radius 1 is 1.69 bits per heavy atom. The monoisotopic (exact) mass is 205 g/mol. The Bertz CT molecular complexity index is 446. The third-order valence-electron chi connectivity index (χ3n) is 1.41. The number of aryl methyl sites for hydroxylation is 1. The van der Waals surface area contributed by atoms with Gasteiger partial charge >= 0.3 is 5.97 Å².